The Morgan fingerprint density at radius 2 is 1.79 bits per heavy atom. The molecule has 28 heavy (non-hydrogen) atoms. The molecule has 0 fully saturated rings. The molecule has 6 heteroatoms. The quantitative estimate of drug-likeness (QED) is 0.546. The fourth-order valence-corrected chi connectivity index (χ4v) is 3.13. The molecular weight excluding hydrogens is 350 g/mol. The second kappa shape index (κ2) is 7.92. The Labute approximate surface area is 163 Å². The molecule has 0 radical (unpaired) electrons. The Morgan fingerprint density at radius 3 is 2.61 bits per heavy atom. The number of nitrogens with zero attached hydrogens (tertiary/aromatic N) is 4. The van der Waals surface area contributed by atoms with Crippen molar-refractivity contribution in [3.63, 3.8) is 0 Å². The van der Waals surface area contributed by atoms with E-state index >= 15 is 0 Å². The second-order valence-electron chi connectivity index (χ2n) is 6.44. The summed E-state index contributed by atoms with van der Waals surface area (Å²) >= 11 is 0. The number of aromatic nitrogens is 4. The van der Waals surface area contributed by atoms with Crippen LogP contribution in [0.4, 0.5) is 5.82 Å². The number of carbonyl (C=O) groups is 1. The maximum absolute atomic E-state index is 12.8. The molecule has 1 N–H and O–H groups in total. The number of nitrogens with one attached hydrogen (secondary N) is 1. The van der Waals surface area contributed by atoms with Crippen molar-refractivity contribution in [1.82, 2.24) is 19.6 Å². The van der Waals surface area contributed by atoms with Crippen LogP contribution in [0, 0.1) is 0 Å². The van der Waals surface area contributed by atoms with E-state index in [-0.39, 0.29) is 5.91 Å². The minimum absolute atomic E-state index is 0.173. The van der Waals surface area contributed by atoms with Crippen LogP contribution in [-0.4, -0.2) is 25.5 Å². The third-order valence-electron chi connectivity index (χ3n) is 4.46. The lowest BCUT2D eigenvalue weighted by Crippen LogP contribution is -2.16. The molecule has 0 saturated carbocycles. The average Bonchev–Trinajstić information content (AvgIpc) is 3.39. The first-order chi connectivity index (χ1) is 13.8. The molecule has 6 nitrogen and oxygen atoms in total. The highest BCUT2D eigenvalue weighted by Crippen LogP contribution is 2.22. The molecule has 0 atom stereocenters. The summed E-state index contributed by atoms with van der Waals surface area (Å²) in [5.41, 5.74) is 3.44. The fourth-order valence-electron chi connectivity index (χ4n) is 3.13. The van der Waals surface area contributed by atoms with Gasteiger partial charge in [0.2, 0.25) is 0 Å². The van der Waals surface area contributed by atoms with E-state index in [9.17, 15) is 4.79 Å². The topological polar surface area (TPSA) is 64.7 Å². The number of carbonyl (C=O) groups excluding carboxylic acids is 1. The van der Waals surface area contributed by atoms with Crippen molar-refractivity contribution in [3.05, 3.63) is 84.7 Å². The van der Waals surface area contributed by atoms with E-state index in [4.69, 9.17) is 0 Å². The van der Waals surface area contributed by atoms with E-state index < -0.39 is 0 Å². The number of hydrogen-bond donors (Lipinski definition) is 1. The van der Waals surface area contributed by atoms with Gasteiger partial charge in [0, 0.05) is 23.7 Å². The Kier molecular flexibility index (Phi) is 5.01. The van der Waals surface area contributed by atoms with E-state index in [1.807, 2.05) is 59.3 Å². The van der Waals surface area contributed by atoms with Crippen molar-refractivity contribution in [3.8, 4) is 16.9 Å². The highest BCUT2D eigenvalue weighted by atomic mass is 16.1. The van der Waals surface area contributed by atoms with Gasteiger partial charge >= 0.3 is 0 Å². The van der Waals surface area contributed by atoms with E-state index in [1.54, 1.807) is 29.2 Å². The number of amides is 1. The maximum Gasteiger partial charge on any atom is 0.256 e. The van der Waals surface area contributed by atoms with Crippen LogP contribution in [0.1, 0.15) is 23.7 Å². The predicted octanol–water partition coefficient (Wildman–Crippen LogP) is 4.40. The van der Waals surface area contributed by atoms with E-state index in [0.717, 1.165) is 29.9 Å². The van der Waals surface area contributed by atoms with Gasteiger partial charge in [-0.1, -0.05) is 43.3 Å². The summed E-state index contributed by atoms with van der Waals surface area (Å²) in [6.07, 6.45) is 4.40. The van der Waals surface area contributed by atoms with Gasteiger partial charge in [0.15, 0.2) is 0 Å². The van der Waals surface area contributed by atoms with Gasteiger partial charge in [0.1, 0.15) is 5.82 Å². The monoisotopic (exact) mass is 371 g/mol. The highest BCUT2D eigenvalue weighted by molar-refractivity contribution is 6.04. The smallest absolute Gasteiger partial charge is 0.256 e. The lowest BCUT2D eigenvalue weighted by Gasteiger charge is -2.11. The molecule has 0 bridgehead atoms. The van der Waals surface area contributed by atoms with Gasteiger partial charge in [-0.15, -0.1) is 0 Å². The average molecular weight is 371 g/mol. The molecule has 2 heterocycles. The second-order valence-corrected chi connectivity index (χ2v) is 6.44. The molecule has 4 aromatic rings. The van der Waals surface area contributed by atoms with Gasteiger partial charge in [-0.05, 0) is 30.7 Å². The van der Waals surface area contributed by atoms with Gasteiger partial charge < -0.3 is 5.32 Å². The summed E-state index contributed by atoms with van der Waals surface area (Å²) in [7, 11) is 0. The van der Waals surface area contributed by atoms with Crippen molar-refractivity contribution in [1.29, 1.82) is 0 Å². The van der Waals surface area contributed by atoms with Crippen molar-refractivity contribution in [2.75, 3.05) is 5.32 Å². The summed E-state index contributed by atoms with van der Waals surface area (Å²) in [4.78, 5) is 12.8. The number of rotatable bonds is 6. The molecule has 2 aromatic carbocycles. The lowest BCUT2D eigenvalue weighted by atomic mass is 10.1. The van der Waals surface area contributed by atoms with Crippen molar-refractivity contribution in [2.45, 2.75) is 19.9 Å². The van der Waals surface area contributed by atoms with Crippen LogP contribution in [0.3, 0.4) is 0 Å². The molecule has 0 spiro atoms. The Morgan fingerprint density at radius 1 is 0.964 bits per heavy atom. The van der Waals surface area contributed by atoms with Gasteiger partial charge in [0.25, 0.3) is 5.91 Å². The first-order valence-corrected chi connectivity index (χ1v) is 9.29. The van der Waals surface area contributed by atoms with Crippen LogP contribution in [0.25, 0.3) is 16.9 Å². The Balaban J connectivity index is 1.62. The molecule has 0 unspecified atom stereocenters. The van der Waals surface area contributed by atoms with Crippen molar-refractivity contribution >= 4 is 11.7 Å². The first-order valence-electron chi connectivity index (χ1n) is 9.29. The summed E-state index contributed by atoms with van der Waals surface area (Å²) in [5.74, 6) is 0.523. The first kappa shape index (κ1) is 17.7. The lowest BCUT2D eigenvalue weighted by molar-refractivity contribution is 0.102. The third-order valence-corrected chi connectivity index (χ3v) is 4.46. The van der Waals surface area contributed by atoms with Crippen LogP contribution in [0.5, 0.6) is 0 Å². The third kappa shape index (κ3) is 3.57. The van der Waals surface area contributed by atoms with Crippen LogP contribution in [0.15, 0.2) is 79.1 Å². The van der Waals surface area contributed by atoms with E-state index in [0.29, 0.717) is 11.4 Å². The molecule has 0 aliphatic rings. The molecule has 4 rings (SSSR count). The van der Waals surface area contributed by atoms with Gasteiger partial charge in [-0.2, -0.15) is 10.2 Å². The summed E-state index contributed by atoms with van der Waals surface area (Å²) in [6, 6.07) is 21.3. The van der Waals surface area contributed by atoms with Crippen molar-refractivity contribution < 1.29 is 4.79 Å². The number of aryl methyl sites for hydroxylation is 1. The van der Waals surface area contributed by atoms with Gasteiger partial charge in [-0.25, -0.2) is 9.36 Å². The standard InChI is InChI=1S/C22H21N5O/c1-2-15-26-21(12-14-23-26)25-22(28)18-9-6-10-19(16-18)27-20(11-13-24-27)17-7-4-3-5-8-17/h3-14,16H,2,15H2,1H3,(H,25,28). The Hall–Kier alpha value is -3.67. The van der Waals surface area contributed by atoms with E-state index in [2.05, 4.69) is 22.4 Å². The minimum Gasteiger partial charge on any atom is -0.307 e. The van der Waals surface area contributed by atoms with Crippen LogP contribution in [-0.2, 0) is 6.54 Å². The zero-order valence-electron chi connectivity index (χ0n) is 15.6. The van der Waals surface area contributed by atoms with Crippen molar-refractivity contribution in [2.24, 2.45) is 0 Å². The molecule has 140 valence electrons. The maximum atomic E-state index is 12.8. The molecule has 0 aliphatic carbocycles. The summed E-state index contributed by atoms with van der Waals surface area (Å²) < 4.78 is 3.64. The SMILES string of the molecule is CCCn1nccc1NC(=O)c1cccc(-n2nccc2-c2ccccc2)c1. The Bertz CT molecular complexity index is 1080. The fraction of sp³-hybridized carbons (Fsp3) is 0.136. The molecule has 1 amide bonds. The van der Waals surface area contributed by atoms with Crippen LogP contribution < -0.4 is 5.32 Å². The minimum atomic E-state index is -0.173. The largest absolute Gasteiger partial charge is 0.307 e. The zero-order chi connectivity index (χ0) is 19.3. The summed E-state index contributed by atoms with van der Waals surface area (Å²) in [5, 5.41) is 11.6. The molecular formula is C22H21N5O. The highest BCUT2D eigenvalue weighted by Gasteiger charge is 2.12. The van der Waals surface area contributed by atoms with Gasteiger partial charge in [-0.3, -0.25) is 4.79 Å². The molecule has 0 aliphatic heterocycles. The van der Waals surface area contributed by atoms with Crippen LogP contribution >= 0.6 is 0 Å². The molecule has 0 saturated heterocycles. The predicted molar refractivity (Wildman–Crippen MR) is 109 cm³/mol. The number of benzene rings is 2. The molecule has 2 aromatic heterocycles. The number of anilines is 1. The van der Waals surface area contributed by atoms with E-state index in [1.165, 1.54) is 0 Å². The van der Waals surface area contributed by atoms with Crippen LogP contribution in [0.2, 0.25) is 0 Å². The van der Waals surface area contributed by atoms with Gasteiger partial charge in [0.05, 0.1) is 23.8 Å². The number of hydrogen-bond acceptors (Lipinski definition) is 3. The summed E-state index contributed by atoms with van der Waals surface area (Å²) in [6.45, 7) is 2.83. The normalized spacial score (nSPS) is 10.8. The zero-order valence-corrected chi connectivity index (χ0v) is 15.6.